The molecule has 2 atom stereocenters. The molecule has 2 rings (SSSR count). The van der Waals surface area contributed by atoms with E-state index in [0.29, 0.717) is 12.5 Å². The van der Waals surface area contributed by atoms with Gasteiger partial charge in [-0.2, -0.15) is 0 Å². The first-order valence-corrected chi connectivity index (χ1v) is 6.94. The average molecular weight is 271 g/mol. The molecule has 0 aromatic heterocycles. The molecule has 18 heavy (non-hydrogen) atoms. The minimum absolute atomic E-state index is 0.201. The van der Waals surface area contributed by atoms with Crippen molar-refractivity contribution in [3.05, 3.63) is 34.6 Å². The molecule has 0 saturated carbocycles. The summed E-state index contributed by atoms with van der Waals surface area (Å²) in [7, 11) is 0. The van der Waals surface area contributed by atoms with Gasteiger partial charge in [-0.15, -0.1) is 0 Å². The number of hydrogen-bond acceptors (Lipinski definition) is 2. The quantitative estimate of drug-likeness (QED) is 0.910. The number of rotatable bonds is 4. The highest BCUT2D eigenvalue weighted by atomic mass is 35.5. The zero-order valence-electron chi connectivity index (χ0n) is 10.7. The molecule has 1 aliphatic rings. The minimum Gasteiger partial charge on any atom is -0.330 e. The zero-order valence-corrected chi connectivity index (χ0v) is 11.5. The van der Waals surface area contributed by atoms with Crippen LogP contribution in [-0.4, -0.2) is 24.5 Å². The van der Waals surface area contributed by atoms with Crippen LogP contribution >= 0.6 is 11.6 Å². The molecule has 100 valence electrons. The third-order valence-corrected chi connectivity index (χ3v) is 4.02. The molecule has 0 aliphatic carbocycles. The lowest BCUT2D eigenvalue weighted by Gasteiger charge is -2.28. The standard InChI is InChI=1S/C14H20ClFN2/c1-2-6-18-7-5-11(9-17)14(18)10-3-4-13(16)12(15)8-10/h3-4,8,11,14H,2,5-7,9,17H2,1H3. The van der Waals surface area contributed by atoms with Gasteiger partial charge in [0.05, 0.1) is 5.02 Å². The van der Waals surface area contributed by atoms with Crippen molar-refractivity contribution in [2.24, 2.45) is 11.7 Å². The van der Waals surface area contributed by atoms with Crippen LogP contribution in [0.25, 0.3) is 0 Å². The highest BCUT2D eigenvalue weighted by Crippen LogP contribution is 2.37. The lowest BCUT2D eigenvalue weighted by Crippen LogP contribution is -2.28. The second-order valence-corrected chi connectivity index (χ2v) is 5.35. The number of nitrogens with zero attached hydrogens (tertiary/aromatic N) is 1. The average Bonchev–Trinajstić information content (AvgIpc) is 2.76. The van der Waals surface area contributed by atoms with Crippen LogP contribution in [0.3, 0.4) is 0 Å². The first-order chi connectivity index (χ1) is 8.67. The fraction of sp³-hybridized carbons (Fsp3) is 0.571. The highest BCUT2D eigenvalue weighted by Gasteiger charge is 2.33. The fourth-order valence-electron chi connectivity index (χ4n) is 2.89. The summed E-state index contributed by atoms with van der Waals surface area (Å²) < 4.78 is 13.2. The van der Waals surface area contributed by atoms with E-state index < -0.39 is 0 Å². The van der Waals surface area contributed by atoms with Crippen molar-refractivity contribution < 1.29 is 4.39 Å². The molecule has 2 nitrogen and oxygen atoms in total. The summed E-state index contributed by atoms with van der Waals surface area (Å²) in [6.07, 6.45) is 2.22. The van der Waals surface area contributed by atoms with E-state index in [4.69, 9.17) is 17.3 Å². The summed E-state index contributed by atoms with van der Waals surface area (Å²) in [6.45, 7) is 4.95. The van der Waals surface area contributed by atoms with Gasteiger partial charge < -0.3 is 5.73 Å². The molecule has 4 heteroatoms. The lowest BCUT2D eigenvalue weighted by atomic mass is 9.93. The SMILES string of the molecule is CCCN1CCC(CN)C1c1ccc(F)c(Cl)c1. The van der Waals surface area contributed by atoms with Crippen LogP contribution in [-0.2, 0) is 0 Å². The van der Waals surface area contributed by atoms with Crippen LogP contribution in [0.5, 0.6) is 0 Å². The van der Waals surface area contributed by atoms with Crippen LogP contribution in [0.4, 0.5) is 4.39 Å². The predicted octanol–water partition coefficient (Wildman–Crippen LogP) is 3.21. The maximum Gasteiger partial charge on any atom is 0.141 e. The highest BCUT2D eigenvalue weighted by molar-refractivity contribution is 6.30. The molecule has 1 heterocycles. The van der Waals surface area contributed by atoms with E-state index in [-0.39, 0.29) is 16.9 Å². The molecule has 1 aromatic rings. The van der Waals surface area contributed by atoms with Gasteiger partial charge in [-0.1, -0.05) is 24.6 Å². The van der Waals surface area contributed by atoms with E-state index in [0.717, 1.165) is 31.5 Å². The monoisotopic (exact) mass is 270 g/mol. The summed E-state index contributed by atoms with van der Waals surface area (Å²) >= 11 is 5.88. The van der Waals surface area contributed by atoms with E-state index in [1.165, 1.54) is 6.07 Å². The molecule has 1 aromatic carbocycles. The lowest BCUT2D eigenvalue weighted by molar-refractivity contribution is 0.230. The van der Waals surface area contributed by atoms with Crippen molar-refractivity contribution in [3.63, 3.8) is 0 Å². The first-order valence-electron chi connectivity index (χ1n) is 6.56. The molecule has 2 N–H and O–H groups in total. The van der Waals surface area contributed by atoms with Crippen LogP contribution in [0.2, 0.25) is 5.02 Å². The van der Waals surface area contributed by atoms with Gasteiger partial charge in [-0.25, -0.2) is 4.39 Å². The normalized spacial score (nSPS) is 24.7. The Morgan fingerprint density at radius 1 is 1.50 bits per heavy atom. The minimum atomic E-state index is -0.357. The van der Waals surface area contributed by atoms with Crippen molar-refractivity contribution in [3.8, 4) is 0 Å². The second kappa shape index (κ2) is 6.00. The molecule has 1 saturated heterocycles. The summed E-state index contributed by atoms with van der Waals surface area (Å²) in [6, 6.07) is 5.32. The molecule has 2 unspecified atom stereocenters. The number of likely N-dealkylation sites (tertiary alicyclic amines) is 1. The number of halogens is 2. The Balaban J connectivity index is 2.28. The number of hydrogen-bond donors (Lipinski definition) is 1. The Morgan fingerprint density at radius 3 is 2.89 bits per heavy atom. The summed E-state index contributed by atoms with van der Waals surface area (Å²) in [5.74, 6) is 0.0860. The van der Waals surface area contributed by atoms with Gasteiger partial charge in [0, 0.05) is 6.04 Å². The Bertz CT molecular complexity index is 411. The van der Waals surface area contributed by atoms with Gasteiger partial charge in [0.2, 0.25) is 0 Å². The van der Waals surface area contributed by atoms with Crippen molar-refractivity contribution >= 4 is 11.6 Å². The molecular formula is C14H20ClFN2. The number of nitrogens with two attached hydrogens (primary N) is 1. The van der Waals surface area contributed by atoms with Crippen LogP contribution in [0.15, 0.2) is 18.2 Å². The fourth-order valence-corrected chi connectivity index (χ4v) is 3.08. The smallest absolute Gasteiger partial charge is 0.141 e. The Labute approximate surface area is 113 Å². The molecule has 1 aliphatic heterocycles. The maximum atomic E-state index is 13.2. The second-order valence-electron chi connectivity index (χ2n) is 4.94. The number of benzene rings is 1. The van der Waals surface area contributed by atoms with Crippen molar-refractivity contribution in [2.45, 2.75) is 25.8 Å². The topological polar surface area (TPSA) is 29.3 Å². The van der Waals surface area contributed by atoms with Crippen LogP contribution in [0.1, 0.15) is 31.4 Å². The maximum absolute atomic E-state index is 13.2. The van der Waals surface area contributed by atoms with Gasteiger partial charge in [-0.3, -0.25) is 4.90 Å². The van der Waals surface area contributed by atoms with Crippen molar-refractivity contribution in [1.29, 1.82) is 0 Å². The van der Waals surface area contributed by atoms with E-state index >= 15 is 0 Å². The molecule has 0 amide bonds. The molecular weight excluding hydrogens is 251 g/mol. The van der Waals surface area contributed by atoms with Gasteiger partial charge in [0.1, 0.15) is 5.82 Å². The van der Waals surface area contributed by atoms with Crippen LogP contribution < -0.4 is 5.73 Å². The van der Waals surface area contributed by atoms with Gasteiger partial charge >= 0.3 is 0 Å². The van der Waals surface area contributed by atoms with Crippen molar-refractivity contribution in [2.75, 3.05) is 19.6 Å². The predicted molar refractivity (Wildman–Crippen MR) is 73.2 cm³/mol. The molecule has 0 bridgehead atoms. The molecule has 0 radical (unpaired) electrons. The summed E-state index contributed by atoms with van der Waals surface area (Å²) in [4.78, 5) is 2.43. The van der Waals surface area contributed by atoms with Gasteiger partial charge in [0.25, 0.3) is 0 Å². The van der Waals surface area contributed by atoms with E-state index in [1.807, 2.05) is 6.07 Å². The largest absolute Gasteiger partial charge is 0.330 e. The van der Waals surface area contributed by atoms with E-state index in [1.54, 1.807) is 6.07 Å². The van der Waals surface area contributed by atoms with E-state index in [2.05, 4.69) is 11.8 Å². The Kier molecular flexibility index (Phi) is 4.60. The molecule has 0 spiro atoms. The van der Waals surface area contributed by atoms with Crippen LogP contribution in [0, 0.1) is 11.7 Å². The first kappa shape index (κ1) is 13.8. The Hall–Kier alpha value is -0.640. The third kappa shape index (κ3) is 2.68. The van der Waals surface area contributed by atoms with Crippen molar-refractivity contribution in [1.82, 2.24) is 4.90 Å². The Morgan fingerprint density at radius 2 is 2.28 bits per heavy atom. The van der Waals surface area contributed by atoms with Gasteiger partial charge in [0.15, 0.2) is 0 Å². The summed E-state index contributed by atoms with van der Waals surface area (Å²) in [5.41, 5.74) is 6.94. The third-order valence-electron chi connectivity index (χ3n) is 3.73. The zero-order chi connectivity index (χ0) is 13.1. The van der Waals surface area contributed by atoms with Gasteiger partial charge in [-0.05, 0) is 56.1 Å². The van der Waals surface area contributed by atoms with E-state index in [9.17, 15) is 4.39 Å². The summed E-state index contributed by atoms with van der Waals surface area (Å²) in [5, 5.41) is 0.201. The molecule has 1 fully saturated rings.